The molecular formula is C15H20N2O3. The average Bonchev–Trinajstić information content (AvgIpc) is 2.96. The smallest absolute Gasteiger partial charge is 0.335 e. The highest BCUT2D eigenvalue weighted by Gasteiger charge is 2.12. The molecule has 0 bridgehead atoms. The number of carboxylic acid groups (broad SMARTS) is 1. The first-order valence-electron chi connectivity index (χ1n) is 6.96. The van der Waals surface area contributed by atoms with Crippen molar-refractivity contribution in [2.45, 2.75) is 25.8 Å². The van der Waals surface area contributed by atoms with Crippen LogP contribution in [-0.4, -0.2) is 41.5 Å². The van der Waals surface area contributed by atoms with Crippen molar-refractivity contribution in [2.24, 2.45) is 0 Å². The Labute approximate surface area is 118 Å². The molecular weight excluding hydrogens is 256 g/mol. The van der Waals surface area contributed by atoms with Crippen molar-refractivity contribution in [3.8, 4) is 0 Å². The van der Waals surface area contributed by atoms with Crippen LogP contribution in [0.2, 0.25) is 0 Å². The molecule has 20 heavy (non-hydrogen) atoms. The van der Waals surface area contributed by atoms with Crippen molar-refractivity contribution in [2.75, 3.05) is 19.6 Å². The second-order valence-corrected chi connectivity index (χ2v) is 5.08. The number of hydrogen-bond acceptors (Lipinski definition) is 3. The van der Waals surface area contributed by atoms with Gasteiger partial charge in [0.15, 0.2) is 0 Å². The Kier molecular flexibility index (Phi) is 5.12. The molecule has 1 aliphatic rings. The third kappa shape index (κ3) is 4.35. The molecule has 1 aliphatic heterocycles. The maximum absolute atomic E-state index is 11.7. The van der Waals surface area contributed by atoms with E-state index in [0.717, 1.165) is 25.2 Å². The van der Waals surface area contributed by atoms with Crippen LogP contribution in [0.25, 0.3) is 0 Å². The van der Waals surface area contributed by atoms with E-state index in [-0.39, 0.29) is 11.5 Å². The van der Waals surface area contributed by atoms with Gasteiger partial charge >= 0.3 is 5.97 Å². The lowest BCUT2D eigenvalue weighted by molar-refractivity contribution is -0.121. The number of nitrogens with zero attached hydrogens (tertiary/aromatic N) is 1. The van der Waals surface area contributed by atoms with Crippen molar-refractivity contribution in [1.29, 1.82) is 0 Å². The van der Waals surface area contributed by atoms with Crippen LogP contribution in [0, 0.1) is 0 Å². The third-order valence-corrected chi connectivity index (χ3v) is 3.54. The van der Waals surface area contributed by atoms with Gasteiger partial charge in [0, 0.05) is 19.5 Å². The lowest BCUT2D eigenvalue weighted by atomic mass is 10.1. The Morgan fingerprint density at radius 1 is 1.15 bits per heavy atom. The Hall–Kier alpha value is -1.88. The molecule has 1 heterocycles. The number of nitrogens with one attached hydrogen (secondary N) is 1. The highest BCUT2D eigenvalue weighted by molar-refractivity contribution is 5.87. The minimum Gasteiger partial charge on any atom is -0.478 e. The van der Waals surface area contributed by atoms with E-state index in [1.807, 2.05) is 0 Å². The van der Waals surface area contributed by atoms with E-state index < -0.39 is 5.97 Å². The molecule has 108 valence electrons. The van der Waals surface area contributed by atoms with E-state index in [1.165, 1.54) is 12.8 Å². The van der Waals surface area contributed by atoms with Crippen LogP contribution in [0.3, 0.4) is 0 Å². The fourth-order valence-corrected chi connectivity index (χ4v) is 2.32. The molecule has 2 rings (SSSR count). The number of likely N-dealkylation sites (tertiary alicyclic amines) is 1. The number of rotatable bonds is 6. The van der Waals surface area contributed by atoms with Gasteiger partial charge in [-0.15, -0.1) is 0 Å². The van der Waals surface area contributed by atoms with Crippen LogP contribution in [0.1, 0.15) is 35.2 Å². The van der Waals surface area contributed by atoms with Gasteiger partial charge < -0.3 is 15.3 Å². The molecule has 1 fully saturated rings. The zero-order valence-electron chi connectivity index (χ0n) is 11.5. The first-order valence-corrected chi connectivity index (χ1v) is 6.96. The summed E-state index contributed by atoms with van der Waals surface area (Å²) < 4.78 is 0. The van der Waals surface area contributed by atoms with Gasteiger partial charge in [0.2, 0.25) is 5.91 Å². The fraction of sp³-hybridized carbons (Fsp3) is 0.467. The Morgan fingerprint density at radius 3 is 2.40 bits per heavy atom. The Bertz CT molecular complexity index is 465. The summed E-state index contributed by atoms with van der Waals surface area (Å²) in [6.45, 7) is 3.47. The molecule has 0 unspecified atom stereocenters. The SMILES string of the molecule is O=C(CCN1CCCC1)NCc1ccc(C(=O)O)cc1. The van der Waals surface area contributed by atoms with Crippen LogP contribution >= 0.6 is 0 Å². The van der Waals surface area contributed by atoms with E-state index in [9.17, 15) is 9.59 Å². The van der Waals surface area contributed by atoms with E-state index in [0.29, 0.717) is 13.0 Å². The third-order valence-electron chi connectivity index (χ3n) is 3.54. The number of benzene rings is 1. The monoisotopic (exact) mass is 276 g/mol. The molecule has 0 atom stereocenters. The number of hydrogen-bond donors (Lipinski definition) is 2. The summed E-state index contributed by atoms with van der Waals surface area (Å²) in [5.74, 6) is -0.898. The zero-order valence-corrected chi connectivity index (χ0v) is 11.5. The minimum absolute atomic E-state index is 0.0409. The highest BCUT2D eigenvalue weighted by atomic mass is 16.4. The van der Waals surface area contributed by atoms with Gasteiger partial charge in [-0.2, -0.15) is 0 Å². The Balaban J connectivity index is 1.70. The number of carbonyl (C=O) groups excluding carboxylic acids is 1. The maximum atomic E-state index is 11.7. The van der Waals surface area contributed by atoms with E-state index in [1.54, 1.807) is 24.3 Å². The lowest BCUT2D eigenvalue weighted by Gasteiger charge is -2.13. The number of carboxylic acids is 1. The zero-order chi connectivity index (χ0) is 14.4. The molecule has 2 N–H and O–H groups in total. The van der Waals surface area contributed by atoms with Gasteiger partial charge in [-0.25, -0.2) is 4.79 Å². The predicted molar refractivity (Wildman–Crippen MR) is 75.5 cm³/mol. The fourth-order valence-electron chi connectivity index (χ4n) is 2.32. The lowest BCUT2D eigenvalue weighted by Crippen LogP contribution is -2.29. The van der Waals surface area contributed by atoms with Gasteiger partial charge in [0.1, 0.15) is 0 Å². The van der Waals surface area contributed by atoms with E-state index >= 15 is 0 Å². The summed E-state index contributed by atoms with van der Waals surface area (Å²) in [6.07, 6.45) is 2.99. The number of carbonyl (C=O) groups is 2. The standard InChI is InChI=1S/C15H20N2O3/c18-14(7-10-17-8-1-2-9-17)16-11-12-3-5-13(6-4-12)15(19)20/h3-6H,1-2,7-11H2,(H,16,18)(H,19,20). The topological polar surface area (TPSA) is 69.6 Å². The summed E-state index contributed by atoms with van der Waals surface area (Å²) in [5.41, 5.74) is 1.17. The highest BCUT2D eigenvalue weighted by Crippen LogP contribution is 2.07. The average molecular weight is 276 g/mol. The molecule has 0 radical (unpaired) electrons. The van der Waals surface area contributed by atoms with Crippen LogP contribution in [0.4, 0.5) is 0 Å². The molecule has 0 aliphatic carbocycles. The van der Waals surface area contributed by atoms with Gasteiger partial charge in [-0.05, 0) is 43.6 Å². The van der Waals surface area contributed by atoms with Crippen LogP contribution in [0.15, 0.2) is 24.3 Å². The molecule has 0 spiro atoms. The molecule has 0 aromatic heterocycles. The molecule has 0 saturated carbocycles. The van der Waals surface area contributed by atoms with Gasteiger partial charge in [0.25, 0.3) is 0 Å². The van der Waals surface area contributed by atoms with Crippen molar-refractivity contribution < 1.29 is 14.7 Å². The minimum atomic E-state index is -0.939. The second-order valence-electron chi connectivity index (χ2n) is 5.08. The summed E-state index contributed by atoms with van der Waals surface area (Å²) in [7, 11) is 0. The molecule has 5 heteroatoms. The molecule has 1 aromatic carbocycles. The van der Waals surface area contributed by atoms with Gasteiger partial charge in [-0.1, -0.05) is 12.1 Å². The van der Waals surface area contributed by atoms with Crippen molar-refractivity contribution in [1.82, 2.24) is 10.2 Å². The largest absolute Gasteiger partial charge is 0.478 e. The number of amides is 1. The molecule has 1 aromatic rings. The summed E-state index contributed by atoms with van der Waals surface area (Å²) >= 11 is 0. The van der Waals surface area contributed by atoms with E-state index in [2.05, 4.69) is 10.2 Å². The Morgan fingerprint density at radius 2 is 1.80 bits per heavy atom. The molecule has 1 saturated heterocycles. The molecule has 5 nitrogen and oxygen atoms in total. The van der Waals surface area contributed by atoms with Crippen molar-refractivity contribution >= 4 is 11.9 Å². The van der Waals surface area contributed by atoms with E-state index in [4.69, 9.17) is 5.11 Å². The van der Waals surface area contributed by atoms with Crippen molar-refractivity contribution in [3.05, 3.63) is 35.4 Å². The van der Waals surface area contributed by atoms with Gasteiger partial charge in [-0.3, -0.25) is 4.79 Å². The maximum Gasteiger partial charge on any atom is 0.335 e. The first-order chi connectivity index (χ1) is 9.65. The normalized spacial score (nSPS) is 15.2. The van der Waals surface area contributed by atoms with Crippen LogP contribution in [-0.2, 0) is 11.3 Å². The summed E-state index contributed by atoms with van der Waals surface area (Å²) in [6, 6.07) is 6.55. The predicted octanol–water partition coefficient (Wildman–Crippen LogP) is 1.49. The van der Waals surface area contributed by atoms with Crippen molar-refractivity contribution in [3.63, 3.8) is 0 Å². The van der Waals surface area contributed by atoms with Gasteiger partial charge in [0.05, 0.1) is 5.56 Å². The summed E-state index contributed by atoms with van der Waals surface area (Å²) in [4.78, 5) is 24.7. The molecule has 1 amide bonds. The van der Waals surface area contributed by atoms with Crippen LogP contribution < -0.4 is 5.32 Å². The summed E-state index contributed by atoms with van der Waals surface area (Å²) in [5, 5.41) is 11.7. The first kappa shape index (κ1) is 14.5. The number of aromatic carboxylic acids is 1. The second kappa shape index (κ2) is 7.05. The van der Waals surface area contributed by atoms with Crippen LogP contribution in [0.5, 0.6) is 0 Å². The quantitative estimate of drug-likeness (QED) is 0.826.